The van der Waals surface area contributed by atoms with Crippen molar-refractivity contribution >= 4 is 54.2 Å². The van der Waals surface area contributed by atoms with E-state index in [9.17, 15) is 22.9 Å². The highest BCUT2D eigenvalue weighted by molar-refractivity contribution is 9.10. The molecule has 0 unspecified atom stereocenters. The van der Waals surface area contributed by atoms with Crippen molar-refractivity contribution in [2.24, 2.45) is 0 Å². The predicted octanol–water partition coefficient (Wildman–Crippen LogP) is 3.97. The molecule has 2 aromatic carbocycles. The van der Waals surface area contributed by atoms with Crippen LogP contribution in [0, 0.1) is 17.1 Å². The first-order valence-corrected chi connectivity index (χ1v) is 12.3. The van der Waals surface area contributed by atoms with E-state index in [4.69, 9.17) is 4.74 Å². The number of hydrogen-bond acceptors (Lipinski definition) is 8. The molecule has 0 aliphatic rings. The number of nitrogens with zero attached hydrogens (tertiary/aromatic N) is 3. The minimum atomic E-state index is -3.55. The Morgan fingerprint density at radius 1 is 1.28 bits per heavy atom. The molecule has 0 spiro atoms. The Kier molecular flexibility index (Phi) is 7.34. The number of aromatic nitrogens is 2. The Labute approximate surface area is 195 Å². The van der Waals surface area contributed by atoms with Crippen molar-refractivity contribution in [3.63, 3.8) is 0 Å². The van der Waals surface area contributed by atoms with Gasteiger partial charge in [0.1, 0.15) is 29.8 Å². The van der Waals surface area contributed by atoms with Gasteiger partial charge in [-0.1, -0.05) is 29.5 Å². The van der Waals surface area contributed by atoms with Crippen molar-refractivity contribution in [2.75, 3.05) is 11.6 Å². The predicted molar refractivity (Wildman–Crippen MR) is 120 cm³/mol. The Hall–Kier alpha value is -3.14. The van der Waals surface area contributed by atoms with E-state index < -0.39 is 15.7 Å². The number of carbonyl (C=O) groups excluding carboxylic acids is 1. The standard InChI is InChI=1S/C20H14BrFN4O4S2/c1-32(28,29)20-26-25-19(31-20)24-18(27)14(10-23)8-13-4-7-17(16(21)9-13)30-11-12-2-5-15(22)6-3-12/h2-9H,11H2,1H3,(H,24,25,27)/b14-8-. The smallest absolute Gasteiger partial charge is 0.268 e. The molecule has 0 atom stereocenters. The first-order valence-electron chi connectivity index (χ1n) is 8.79. The molecule has 0 aliphatic carbocycles. The minimum absolute atomic E-state index is 0.0395. The Balaban J connectivity index is 1.70. The molecule has 0 saturated heterocycles. The summed E-state index contributed by atoms with van der Waals surface area (Å²) < 4.78 is 42.0. The van der Waals surface area contributed by atoms with Gasteiger partial charge in [0.15, 0.2) is 0 Å². The van der Waals surface area contributed by atoms with Crippen LogP contribution in [-0.4, -0.2) is 30.8 Å². The molecule has 1 N–H and O–H groups in total. The molecule has 0 radical (unpaired) electrons. The second kappa shape index (κ2) is 9.99. The maximum atomic E-state index is 13.0. The normalized spacial score (nSPS) is 11.6. The van der Waals surface area contributed by atoms with Gasteiger partial charge in [0.2, 0.25) is 19.3 Å². The summed E-state index contributed by atoms with van der Waals surface area (Å²) >= 11 is 4.07. The van der Waals surface area contributed by atoms with Gasteiger partial charge in [-0.3, -0.25) is 10.1 Å². The third kappa shape index (κ3) is 6.19. The molecule has 1 aromatic heterocycles. The van der Waals surface area contributed by atoms with E-state index in [-0.39, 0.29) is 27.5 Å². The van der Waals surface area contributed by atoms with Gasteiger partial charge in [-0.05, 0) is 57.4 Å². The number of sulfone groups is 1. The van der Waals surface area contributed by atoms with Crippen LogP contribution in [0.4, 0.5) is 9.52 Å². The van der Waals surface area contributed by atoms with E-state index in [1.54, 1.807) is 36.4 Å². The van der Waals surface area contributed by atoms with Crippen LogP contribution in [0.2, 0.25) is 0 Å². The molecule has 164 valence electrons. The average Bonchev–Trinajstić information content (AvgIpc) is 3.21. The zero-order valence-electron chi connectivity index (χ0n) is 16.4. The summed E-state index contributed by atoms with van der Waals surface area (Å²) in [4.78, 5) is 12.4. The topological polar surface area (TPSA) is 122 Å². The molecular formula is C20H14BrFN4O4S2. The SMILES string of the molecule is CS(=O)(=O)c1nnc(NC(=O)/C(C#N)=C\c2ccc(OCc3ccc(F)cc3)c(Br)c2)s1. The number of nitrogens with one attached hydrogen (secondary N) is 1. The maximum Gasteiger partial charge on any atom is 0.268 e. The van der Waals surface area contributed by atoms with Gasteiger partial charge in [-0.2, -0.15) is 5.26 Å². The first kappa shape index (κ1) is 23.5. The molecule has 0 aliphatic heterocycles. The third-order valence-electron chi connectivity index (χ3n) is 3.88. The third-order valence-corrected chi connectivity index (χ3v) is 7.01. The highest BCUT2D eigenvalue weighted by Gasteiger charge is 2.17. The summed E-state index contributed by atoms with van der Waals surface area (Å²) in [7, 11) is -3.55. The fraction of sp³-hybridized carbons (Fsp3) is 0.100. The molecule has 12 heteroatoms. The van der Waals surface area contributed by atoms with Crippen LogP contribution in [0.15, 0.2) is 56.9 Å². The summed E-state index contributed by atoms with van der Waals surface area (Å²) in [6, 6.07) is 12.7. The number of hydrogen-bond donors (Lipinski definition) is 1. The molecule has 1 amide bonds. The van der Waals surface area contributed by atoms with Crippen LogP contribution in [0.3, 0.4) is 0 Å². The largest absolute Gasteiger partial charge is 0.488 e. The van der Waals surface area contributed by atoms with Gasteiger partial charge < -0.3 is 4.74 Å². The minimum Gasteiger partial charge on any atom is -0.488 e. The summed E-state index contributed by atoms with van der Waals surface area (Å²) in [5.41, 5.74) is 1.13. The van der Waals surface area contributed by atoms with Crippen molar-refractivity contribution < 1.29 is 22.3 Å². The Bertz CT molecular complexity index is 1330. The number of anilines is 1. The van der Waals surface area contributed by atoms with Crippen LogP contribution in [0.5, 0.6) is 5.75 Å². The average molecular weight is 537 g/mol. The van der Waals surface area contributed by atoms with Crippen molar-refractivity contribution in [3.05, 3.63) is 69.5 Å². The Morgan fingerprint density at radius 3 is 2.59 bits per heavy atom. The lowest BCUT2D eigenvalue weighted by Crippen LogP contribution is -2.13. The van der Waals surface area contributed by atoms with Gasteiger partial charge in [0.25, 0.3) is 5.91 Å². The summed E-state index contributed by atoms with van der Waals surface area (Å²) in [6.07, 6.45) is 2.34. The van der Waals surface area contributed by atoms with Crippen molar-refractivity contribution in [1.82, 2.24) is 10.2 Å². The lowest BCUT2D eigenvalue weighted by Gasteiger charge is -2.09. The Morgan fingerprint density at radius 2 is 2.00 bits per heavy atom. The molecule has 0 fully saturated rings. The van der Waals surface area contributed by atoms with Crippen LogP contribution in [0.25, 0.3) is 6.08 Å². The van der Waals surface area contributed by atoms with Crippen molar-refractivity contribution in [1.29, 1.82) is 5.26 Å². The van der Waals surface area contributed by atoms with Gasteiger partial charge in [-0.25, -0.2) is 12.8 Å². The van der Waals surface area contributed by atoms with Gasteiger partial charge >= 0.3 is 0 Å². The fourth-order valence-corrected chi connectivity index (χ4v) is 4.37. The van der Waals surface area contributed by atoms with Gasteiger partial charge in [0.05, 0.1) is 4.47 Å². The van der Waals surface area contributed by atoms with Crippen LogP contribution in [-0.2, 0) is 21.2 Å². The number of carbonyl (C=O) groups is 1. The number of ether oxygens (including phenoxy) is 1. The van der Waals surface area contributed by atoms with Gasteiger partial charge in [0, 0.05) is 6.26 Å². The zero-order chi connectivity index (χ0) is 23.3. The van der Waals surface area contributed by atoms with E-state index in [1.165, 1.54) is 18.2 Å². The lowest BCUT2D eigenvalue weighted by molar-refractivity contribution is -0.112. The van der Waals surface area contributed by atoms with Crippen LogP contribution < -0.4 is 10.1 Å². The van der Waals surface area contributed by atoms with E-state index in [0.717, 1.165) is 11.8 Å². The molecule has 0 saturated carbocycles. The van der Waals surface area contributed by atoms with E-state index >= 15 is 0 Å². The number of amides is 1. The maximum absolute atomic E-state index is 13.0. The van der Waals surface area contributed by atoms with Crippen molar-refractivity contribution in [2.45, 2.75) is 10.9 Å². The highest BCUT2D eigenvalue weighted by atomic mass is 79.9. The number of benzene rings is 2. The molecule has 1 heterocycles. The second-order valence-electron chi connectivity index (χ2n) is 6.37. The van der Waals surface area contributed by atoms with Crippen LogP contribution >= 0.6 is 27.3 Å². The molecule has 0 bridgehead atoms. The number of nitriles is 1. The molecular weight excluding hydrogens is 523 g/mol. The first-order chi connectivity index (χ1) is 15.2. The highest BCUT2D eigenvalue weighted by Crippen LogP contribution is 2.28. The van der Waals surface area contributed by atoms with E-state index in [2.05, 4.69) is 31.4 Å². The second-order valence-corrected chi connectivity index (χ2v) is 10.4. The van der Waals surface area contributed by atoms with Gasteiger partial charge in [-0.15, -0.1) is 10.2 Å². The summed E-state index contributed by atoms with van der Waals surface area (Å²) in [5.74, 6) is -0.557. The summed E-state index contributed by atoms with van der Waals surface area (Å²) in [6.45, 7) is 0.233. The van der Waals surface area contributed by atoms with E-state index in [0.29, 0.717) is 27.1 Å². The molecule has 3 aromatic rings. The van der Waals surface area contributed by atoms with Crippen LogP contribution in [0.1, 0.15) is 11.1 Å². The summed E-state index contributed by atoms with van der Waals surface area (Å²) in [5, 5.41) is 18.8. The quantitative estimate of drug-likeness (QED) is 0.275. The molecule has 8 nitrogen and oxygen atoms in total. The zero-order valence-corrected chi connectivity index (χ0v) is 19.6. The molecule has 32 heavy (non-hydrogen) atoms. The fourth-order valence-electron chi connectivity index (χ4n) is 2.36. The lowest BCUT2D eigenvalue weighted by atomic mass is 10.1. The van der Waals surface area contributed by atoms with E-state index in [1.807, 2.05) is 0 Å². The van der Waals surface area contributed by atoms with Crippen molar-refractivity contribution in [3.8, 4) is 11.8 Å². The number of rotatable bonds is 7. The molecule has 3 rings (SSSR count). The monoisotopic (exact) mass is 536 g/mol. The number of halogens is 2.